The van der Waals surface area contributed by atoms with Crippen LogP contribution in [0.3, 0.4) is 0 Å². The van der Waals surface area contributed by atoms with Gasteiger partial charge in [0.15, 0.2) is 17.3 Å². The van der Waals surface area contributed by atoms with E-state index < -0.39 is 0 Å². The summed E-state index contributed by atoms with van der Waals surface area (Å²) in [5.41, 5.74) is 21.2. The maximum atomic E-state index is 10.0. The van der Waals surface area contributed by atoms with Crippen molar-refractivity contribution in [3.05, 3.63) is 343 Å². The zero-order valence-corrected chi connectivity index (χ0v) is 68.0. The fourth-order valence-corrected chi connectivity index (χ4v) is 11.3. The Balaban J connectivity index is 0.000000196. The minimum absolute atomic E-state index is 0. The molecule has 0 amide bonds. The summed E-state index contributed by atoms with van der Waals surface area (Å²) in [6, 6.07) is 102. The molecule has 0 aliphatic heterocycles. The summed E-state index contributed by atoms with van der Waals surface area (Å²) in [4.78, 5) is 44.3. The van der Waals surface area contributed by atoms with Gasteiger partial charge in [0, 0.05) is 111 Å². The number of allylic oxidation sites excluding steroid dienone is 6. The topological polar surface area (TPSA) is 190 Å². The molecule has 108 heavy (non-hydrogen) atoms. The fourth-order valence-electron chi connectivity index (χ4n) is 11.3. The van der Waals surface area contributed by atoms with Crippen LogP contribution in [0, 0.1) is 39.0 Å². The van der Waals surface area contributed by atoms with E-state index in [1.165, 1.54) is 93.2 Å². The van der Waals surface area contributed by atoms with Crippen molar-refractivity contribution < 1.29 is 103 Å². The molecule has 12 nitrogen and oxygen atoms in total. The van der Waals surface area contributed by atoms with Crippen LogP contribution in [0.2, 0.25) is 0 Å². The summed E-state index contributed by atoms with van der Waals surface area (Å²) < 4.78 is 18.2. The Morgan fingerprint density at radius 2 is 0.602 bits per heavy atom. The second-order valence-electron chi connectivity index (χ2n) is 24.9. The number of furan rings is 3. The summed E-state index contributed by atoms with van der Waals surface area (Å²) in [5, 5.41) is 28.1. The minimum Gasteiger partial charge on any atom is -0.512 e. The molecule has 15 rings (SSSR count). The second kappa shape index (κ2) is 40.9. The number of pyridine rings is 3. The Morgan fingerprint density at radius 3 is 0.898 bits per heavy atom. The SMILES string of the molecule is CC(=O)C=C(C)O.CC(=O)C=C(C)O.CC(=O)C=C(C)O.Cc1ccc(-c2cc3ccc(-c4[c-]ccc(-c5ccccc5)c4)nc3o2)cc1.Cc1cccc(C)c1-c1cc2ccc(-c3[c-]ccc(-c4ccccc4)c3)nc2o1.[Ir].[Ir].[Ir].[c-]1ccc(-c2ccccc2)cc1-c1ccc2cc(-c3ccccc3)oc2n1. The van der Waals surface area contributed by atoms with Crippen LogP contribution in [-0.2, 0) is 74.7 Å². The number of fused-ring (bicyclic) bond motifs is 3. The predicted octanol–water partition coefficient (Wildman–Crippen LogP) is 23.9. The van der Waals surface area contributed by atoms with Crippen LogP contribution in [0.15, 0.2) is 322 Å². The third kappa shape index (κ3) is 24.1. The molecule has 0 unspecified atom stereocenters. The quantitative estimate of drug-likeness (QED) is 0.0597. The van der Waals surface area contributed by atoms with Crippen molar-refractivity contribution in [1.82, 2.24) is 15.0 Å². The molecule has 0 aliphatic rings. The normalized spacial score (nSPS) is 10.8. The van der Waals surface area contributed by atoms with Crippen LogP contribution in [0.5, 0.6) is 0 Å². The summed E-state index contributed by atoms with van der Waals surface area (Å²) in [5.74, 6) is 2.34. The minimum atomic E-state index is -0.125. The Morgan fingerprint density at radius 1 is 0.315 bits per heavy atom. The van der Waals surface area contributed by atoms with E-state index in [1.54, 1.807) is 0 Å². The number of hydrogen-bond donors (Lipinski definition) is 3. The summed E-state index contributed by atoms with van der Waals surface area (Å²) in [6.07, 6.45) is 3.50. The fraction of sp³-hybridized carbons (Fsp3) is 0.0968. The number of nitrogens with zero attached hydrogens (tertiary/aromatic N) is 3. The predicted molar refractivity (Wildman–Crippen MR) is 423 cm³/mol. The van der Waals surface area contributed by atoms with E-state index in [4.69, 9.17) is 43.5 Å². The zero-order valence-electron chi connectivity index (χ0n) is 60.8. The van der Waals surface area contributed by atoms with Crippen molar-refractivity contribution in [3.8, 4) is 101 Å². The number of rotatable bonds is 12. The van der Waals surface area contributed by atoms with Crippen molar-refractivity contribution >= 4 is 50.6 Å². The van der Waals surface area contributed by atoms with Gasteiger partial charge in [-0.15, -0.1) is 106 Å². The summed E-state index contributed by atoms with van der Waals surface area (Å²) in [6.45, 7) is 14.8. The van der Waals surface area contributed by atoms with Crippen molar-refractivity contribution in [2.45, 2.75) is 62.3 Å². The molecule has 15 aromatic rings. The Labute approximate surface area is 670 Å². The average Bonchev–Trinajstić information content (AvgIpc) is 1.64. The van der Waals surface area contributed by atoms with Crippen LogP contribution in [0.1, 0.15) is 58.2 Å². The van der Waals surface area contributed by atoms with Crippen LogP contribution >= 0.6 is 0 Å². The van der Waals surface area contributed by atoms with E-state index in [9.17, 15) is 14.4 Å². The molecule has 0 bridgehead atoms. The monoisotopic (exact) mass is 1960 g/mol. The first kappa shape index (κ1) is 83.9. The number of hydrogen-bond acceptors (Lipinski definition) is 12. The average molecular weight is 1960 g/mol. The molecule has 3 radical (unpaired) electrons. The maximum absolute atomic E-state index is 10.0. The van der Waals surface area contributed by atoms with Gasteiger partial charge in [-0.1, -0.05) is 206 Å². The first-order chi connectivity index (χ1) is 50.7. The molecule has 0 saturated carbocycles. The van der Waals surface area contributed by atoms with E-state index >= 15 is 0 Å². The number of ketones is 3. The van der Waals surface area contributed by atoms with Crippen molar-refractivity contribution in [2.75, 3.05) is 0 Å². The summed E-state index contributed by atoms with van der Waals surface area (Å²) in [7, 11) is 0. The Bertz CT molecular complexity index is 5480. The molecule has 15 heteroatoms. The molecule has 0 fully saturated rings. The van der Waals surface area contributed by atoms with Crippen molar-refractivity contribution in [3.63, 3.8) is 0 Å². The molecule has 0 saturated heterocycles. The van der Waals surface area contributed by atoms with Gasteiger partial charge < -0.3 is 28.6 Å². The van der Waals surface area contributed by atoms with E-state index in [2.05, 4.69) is 178 Å². The zero-order chi connectivity index (χ0) is 74.4. The van der Waals surface area contributed by atoms with E-state index in [0.717, 1.165) is 101 Å². The number of aliphatic hydroxyl groups is 3. The van der Waals surface area contributed by atoms with Crippen molar-refractivity contribution in [2.24, 2.45) is 0 Å². The number of benzene rings is 9. The first-order valence-corrected chi connectivity index (χ1v) is 34.0. The number of aryl methyl sites for hydroxylation is 3. The molecule has 0 aliphatic carbocycles. The molecule has 6 aromatic heterocycles. The van der Waals surface area contributed by atoms with Gasteiger partial charge in [-0.3, -0.25) is 29.3 Å². The third-order valence-corrected chi connectivity index (χ3v) is 16.1. The van der Waals surface area contributed by atoms with Gasteiger partial charge in [0.25, 0.3) is 0 Å². The molecule has 3 N–H and O–H groups in total. The van der Waals surface area contributed by atoms with Gasteiger partial charge in [0.05, 0.1) is 17.3 Å². The van der Waals surface area contributed by atoms with Gasteiger partial charge in [-0.2, -0.15) is 0 Å². The van der Waals surface area contributed by atoms with Gasteiger partial charge in [-0.25, -0.2) is 0 Å². The Kier molecular flexibility index (Phi) is 31.8. The largest absolute Gasteiger partial charge is 0.512 e. The van der Waals surface area contributed by atoms with Gasteiger partial charge in [0.1, 0.15) is 17.3 Å². The van der Waals surface area contributed by atoms with Gasteiger partial charge in [-0.05, 0) is 125 Å². The van der Waals surface area contributed by atoms with E-state index in [1.807, 2.05) is 133 Å². The summed E-state index contributed by atoms with van der Waals surface area (Å²) >= 11 is 0. The number of carbonyl (C=O) groups is 3. The standard InChI is InChI=1S/C27H20NO.C26H18NO.C25H16NO.3C5H8O2.3Ir/c1-18-8-6-9-19(2)26(18)25-17-23-14-15-24(28-27(23)29-25)22-13-7-12-21(16-22)20-10-4-3-5-11-20;1-18-10-12-20(13-11-18)25-17-23-14-15-24(27-26(23)28-25)22-9-5-8-21(16-22)19-6-3-2-4-7-19;1-3-8-18(9-4-1)20-12-7-13-21(16-20)23-15-14-22-17-24(27-25(22)26-23)19-10-5-2-6-11-19;3*1-4(6)3-5(2)7;;;/h3-12,14-17H,1-2H3;2-8,10-17H,1H3;1-12,14-17H;3*3,6H,1-2H3;;;/q3*-1;;;;;;. The molecular weight excluding hydrogens is 1880 g/mol. The van der Waals surface area contributed by atoms with E-state index in [0.29, 0.717) is 17.1 Å². The molecule has 6 heterocycles. The smallest absolute Gasteiger partial charge is 0.217 e. The maximum Gasteiger partial charge on any atom is 0.217 e. The number of aromatic nitrogens is 3. The van der Waals surface area contributed by atoms with Crippen molar-refractivity contribution in [1.29, 1.82) is 0 Å². The number of aliphatic hydroxyl groups excluding tert-OH is 3. The number of carbonyl (C=O) groups excluding carboxylic acids is 3. The first-order valence-electron chi connectivity index (χ1n) is 34.0. The van der Waals surface area contributed by atoms with E-state index in [-0.39, 0.29) is 94.9 Å². The van der Waals surface area contributed by atoms with Crippen LogP contribution in [0.4, 0.5) is 0 Å². The van der Waals surface area contributed by atoms with Crippen LogP contribution in [0.25, 0.3) is 134 Å². The molecule has 549 valence electrons. The van der Waals surface area contributed by atoms with Crippen LogP contribution < -0.4 is 0 Å². The Hall–Kier alpha value is -11.4. The molecule has 0 atom stereocenters. The van der Waals surface area contributed by atoms with Gasteiger partial charge in [0.2, 0.25) is 17.1 Å². The second-order valence-corrected chi connectivity index (χ2v) is 24.9. The molecule has 0 spiro atoms. The van der Waals surface area contributed by atoms with Gasteiger partial charge >= 0.3 is 0 Å². The molecular formula is C93H78Ir3N3O9-3. The van der Waals surface area contributed by atoms with Crippen LogP contribution in [-0.4, -0.2) is 47.6 Å². The third-order valence-electron chi connectivity index (χ3n) is 16.1. The molecule has 9 aromatic carbocycles.